The molecule has 21 heavy (non-hydrogen) atoms. The summed E-state index contributed by atoms with van der Waals surface area (Å²) < 4.78 is 0. The summed E-state index contributed by atoms with van der Waals surface area (Å²) in [5, 5.41) is 10.9. The van der Waals surface area contributed by atoms with Gasteiger partial charge in [0.1, 0.15) is 0 Å². The van der Waals surface area contributed by atoms with Crippen LogP contribution in [-0.4, -0.2) is 17.0 Å². The Labute approximate surface area is 132 Å². The minimum Gasteiger partial charge on any atom is -0.481 e. The summed E-state index contributed by atoms with van der Waals surface area (Å²) in [6.45, 7) is 1.81. The lowest BCUT2D eigenvalue weighted by Crippen LogP contribution is -2.17. The highest BCUT2D eigenvalue weighted by molar-refractivity contribution is 7.10. The number of carbonyl (C=O) groups is 2. The average Bonchev–Trinajstić information content (AvgIpc) is 2.94. The molecule has 0 aliphatic heterocycles. The van der Waals surface area contributed by atoms with E-state index in [1.165, 1.54) is 0 Å². The second-order valence-corrected chi connectivity index (χ2v) is 5.69. The number of carboxylic acid groups (broad SMARTS) is 1. The van der Waals surface area contributed by atoms with Crippen LogP contribution in [0.2, 0.25) is 5.02 Å². The van der Waals surface area contributed by atoms with Gasteiger partial charge in [-0.05, 0) is 30.0 Å². The van der Waals surface area contributed by atoms with Gasteiger partial charge in [-0.25, -0.2) is 0 Å². The third-order valence-electron chi connectivity index (χ3n) is 2.70. The van der Waals surface area contributed by atoms with E-state index in [-0.39, 0.29) is 18.2 Å². The summed E-state index contributed by atoms with van der Waals surface area (Å²) >= 11 is 7.26. The van der Waals surface area contributed by atoms with E-state index in [2.05, 4.69) is 0 Å². The smallest absolute Gasteiger partial charge is 0.307 e. The van der Waals surface area contributed by atoms with Crippen molar-refractivity contribution in [2.45, 2.75) is 19.3 Å². The van der Waals surface area contributed by atoms with Gasteiger partial charge in [0.05, 0.1) is 12.3 Å². The molecule has 0 bridgehead atoms. The zero-order valence-corrected chi connectivity index (χ0v) is 13.0. The standard InChI is InChI=1S/C8H7ClO2.C7H9NOS/c9-7-4-2-1-3-6(7)5-8(10)11;1-5(7(8)9)6-3-2-4-10-6/h1-4H,5H2,(H,10,11);2-5H,1H3,(H2,8,9)/t;5-/m.1/s1. The molecule has 1 atom stereocenters. The first-order valence-electron chi connectivity index (χ1n) is 6.19. The largest absolute Gasteiger partial charge is 0.481 e. The van der Waals surface area contributed by atoms with Crippen molar-refractivity contribution in [1.82, 2.24) is 0 Å². The molecule has 112 valence electrons. The molecule has 3 N–H and O–H groups in total. The Morgan fingerprint density at radius 3 is 2.43 bits per heavy atom. The molecule has 0 saturated carbocycles. The van der Waals surface area contributed by atoms with Crippen LogP contribution in [0.4, 0.5) is 0 Å². The minimum absolute atomic E-state index is 0.0142. The number of thiophene rings is 1. The second-order valence-electron chi connectivity index (χ2n) is 4.30. The predicted molar refractivity (Wildman–Crippen MR) is 84.7 cm³/mol. The summed E-state index contributed by atoms with van der Waals surface area (Å²) in [5.41, 5.74) is 5.75. The van der Waals surface area contributed by atoms with E-state index in [0.717, 1.165) is 4.88 Å². The lowest BCUT2D eigenvalue weighted by atomic mass is 10.1. The number of carbonyl (C=O) groups excluding carboxylic acids is 1. The van der Waals surface area contributed by atoms with Gasteiger partial charge in [0, 0.05) is 9.90 Å². The minimum atomic E-state index is -0.863. The normalized spacial score (nSPS) is 11.1. The van der Waals surface area contributed by atoms with Crippen molar-refractivity contribution in [3.05, 3.63) is 57.2 Å². The maximum Gasteiger partial charge on any atom is 0.307 e. The first kappa shape index (κ1) is 17.2. The van der Waals surface area contributed by atoms with Gasteiger partial charge in [-0.1, -0.05) is 35.9 Å². The molecule has 2 rings (SSSR count). The third kappa shape index (κ3) is 5.97. The molecule has 4 nitrogen and oxygen atoms in total. The summed E-state index contributed by atoms with van der Waals surface area (Å²) in [7, 11) is 0. The van der Waals surface area contributed by atoms with Crippen LogP contribution in [0.3, 0.4) is 0 Å². The zero-order chi connectivity index (χ0) is 15.8. The molecule has 2 aromatic rings. The molecular formula is C15H16ClNO3S. The van der Waals surface area contributed by atoms with E-state index in [9.17, 15) is 9.59 Å². The van der Waals surface area contributed by atoms with Crippen LogP contribution in [0.5, 0.6) is 0 Å². The quantitative estimate of drug-likeness (QED) is 0.905. The Hall–Kier alpha value is -1.85. The molecule has 0 unspecified atom stereocenters. The first-order chi connectivity index (χ1) is 9.91. The third-order valence-corrected chi connectivity index (χ3v) is 4.12. The number of hydrogen-bond acceptors (Lipinski definition) is 3. The SMILES string of the molecule is C[C@@H](C(N)=O)c1cccs1.O=C(O)Cc1ccccc1Cl. The van der Waals surface area contributed by atoms with Crippen molar-refractivity contribution >= 4 is 34.8 Å². The van der Waals surface area contributed by atoms with Crippen molar-refractivity contribution in [2.75, 3.05) is 0 Å². The average molecular weight is 326 g/mol. The number of carboxylic acids is 1. The summed E-state index contributed by atoms with van der Waals surface area (Å²) in [4.78, 5) is 21.9. The number of hydrogen-bond donors (Lipinski definition) is 2. The van der Waals surface area contributed by atoms with Crippen LogP contribution in [0.15, 0.2) is 41.8 Å². The van der Waals surface area contributed by atoms with Gasteiger partial charge in [-0.15, -0.1) is 11.3 Å². The number of aliphatic carboxylic acids is 1. The van der Waals surface area contributed by atoms with Crippen LogP contribution in [0, 0.1) is 0 Å². The topological polar surface area (TPSA) is 80.4 Å². The fourth-order valence-electron chi connectivity index (χ4n) is 1.48. The van der Waals surface area contributed by atoms with E-state index in [1.54, 1.807) is 35.6 Å². The van der Waals surface area contributed by atoms with Crippen molar-refractivity contribution in [3.8, 4) is 0 Å². The van der Waals surface area contributed by atoms with Crippen LogP contribution in [-0.2, 0) is 16.0 Å². The van der Waals surface area contributed by atoms with Gasteiger partial charge in [0.25, 0.3) is 0 Å². The van der Waals surface area contributed by atoms with Crippen LogP contribution < -0.4 is 5.73 Å². The number of benzene rings is 1. The van der Waals surface area contributed by atoms with Gasteiger partial charge in [0.15, 0.2) is 0 Å². The number of amides is 1. The predicted octanol–water partition coefficient (Wildman–Crippen LogP) is 3.30. The van der Waals surface area contributed by atoms with Gasteiger partial charge in [-0.3, -0.25) is 9.59 Å². The Morgan fingerprint density at radius 2 is 1.95 bits per heavy atom. The first-order valence-corrected chi connectivity index (χ1v) is 7.45. The van der Waals surface area contributed by atoms with Crippen LogP contribution >= 0.6 is 22.9 Å². The Balaban J connectivity index is 0.000000211. The Kier molecular flexibility index (Phi) is 6.91. The van der Waals surface area contributed by atoms with Crippen molar-refractivity contribution in [2.24, 2.45) is 5.73 Å². The van der Waals surface area contributed by atoms with E-state index < -0.39 is 5.97 Å². The molecular weight excluding hydrogens is 310 g/mol. The molecule has 0 spiro atoms. The number of halogens is 1. The molecule has 1 aromatic heterocycles. The van der Waals surface area contributed by atoms with Crippen LogP contribution in [0.25, 0.3) is 0 Å². The number of primary amides is 1. The Morgan fingerprint density at radius 1 is 1.29 bits per heavy atom. The number of rotatable bonds is 4. The van der Waals surface area contributed by atoms with Crippen LogP contribution in [0.1, 0.15) is 23.3 Å². The van der Waals surface area contributed by atoms with E-state index in [4.69, 9.17) is 22.4 Å². The molecule has 0 fully saturated rings. The molecule has 0 aliphatic rings. The maximum absolute atomic E-state index is 10.6. The van der Waals surface area contributed by atoms with E-state index in [0.29, 0.717) is 10.6 Å². The molecule has 1 aromatic carbocycles. The molecule has 0 aliphatic carbocycles. The number of nitrogens with two attached hydrogens (primary N) is 1. The summed E-state index contributed by atoms with van der Waals surface area (Å²) in [6.07, 6.45) is -0.0142. The highest BCUT2D eigenvalue weighted by Gasteiger charge is 2.11. The highest BCUT2D eigenvalue weighted by Crippen LogP contribution is 2.19. The van der Waals surface area contributed by atoms with Gasteiger partial charge in [-0.2, -0.15) is 0 Å². The summed E-state index contributed by atoms with van der Waals surface area (Å²) in [6, 6.07) is 10.8. The van der Waals surface area contributed by atoms with E-state index in [1.807, 2.05) is 24.4 Å². The second kappa shape index (κ2) is 8.44. The zero-order valence-electron chi connectivity index (χ0n) is 11.5. The Bertz CT molecular complexity index is 599. The van der Waals surface area contributed by atoms with Gasteiger partial charge >= 0.3 is 5.97 Å². The maximum atomic E-state index is 10.6. The molecule has 1 heterocycles. The molecule has 6 heteroatoms. The highest BCUT2D eigenvalue weighted by atomic mass is 35.5. The van der Waals surface area contributed by atoms with Gasteiger partial charge < -0.3 is 10.8 Å². The lowest BCUT2D eigenvalue weighted by Gasteiger charge is -2.01. The monoisotopic (exact) mass is 325 g/mol. The fourth-order valence-corrected chi connectivity index (χ4v) is 2.48. The fraction of sp³-hybridized carbons (Fsp3) is 0.200. The van der Waals surface area contributed by atoms with Gasteiger partial charge in [0.2, 0.25) is 5.91 Å². The lowest BCUT2D eigenvalue weighted by molar-refractivity contribution is -0.136. The molecule has 0 saturated heterocycles. The van der Waals surface area contributed by atoms with Crippen molar-refractivity contribution in [1.29, 1.82) is 0 Å². The molecule has 1 amide bonds. The molecule has 0 radical (unpaired) electrons. The van der Waals surface area contributed by atoms with Crippen molar-refractivity contribution in [3.63, 3.8) is 0 Å². The summed E-state index contributed by atoms with van der Waals surface area (Å²) in [5.74, 6) is -1.26. The van der Waals surface area contributed by atoms with Crippen molar-refractivity contribution < 1.29 is 14.7 Å². The van der Waals surface area contributed by atoms with E-state index >= 15 is 0 Å².